The summed E-state index contributed by atoms with van der Waals surface area (Å²) in [6.45, 7) is 4.92. The number of amides is 1. The van der Waals surface area contributed by atoms with Gasteiger partial charge in [-0.2, -0.15) is 0 Å². The first kappa shape index (κ1) is 15.2. The summed E-state index contributed by atoms with van der Waals surface area (Å²) < 4.78 is 5.40. The number of carbonyl (C=O) groups is 1. The van der Waals surface area contributed by atoms with E-state index in [1.165, 1.54) is 12.4 Å². The topological polar surface area (TPSA) is 68.2 Å². The minimum atomic E-state index is -0.427. The fourth-order valence-corrected chi connectivity index (χ4v) is 1.93. The van der Waals surface area contributed by atoms with Crippen LogP contribution in [0.15, 0.2) is 30.9 Å². The number of pyridine rings is 1. The summed E-state index contributed by atoms with van der Waals surface area (Å²) in [5, 5.41) is 0.269. The zero-order valence-corrected chi connectivity index (χ0v) is 12.5. The van der Waals surface area contributed by atoms with Gasteiger partial charge in [0, 0.05) is 24.8 Å². The van der Waals surface area contributed by atoms with Gasteiger partial charge in [-0.3, -0.25) is 9.97 Å². The standard InChI is InChI=1S/C14H15ClN4O2/c1-3-19(4-2)14(20)21-12-8-16-6-5-10(12)11-7-17-9-13(15)18-11/h5-9H,3-4H2,1-2H3. The molecular weight excluding hydrogens is 292 g/mol. The van der Waals surface area contributed by atoms with E-state index in [4.69, 9.17) is 16.3 Å². The van der Waals surface area contributed by atoms with Crippen LogP contribution in [0.5, 0.6) is 5.75 Å². The first-order valence-electron chi connectivity index (χ1n) is 6.54. The van der Waals surface area contributed by atoms with Crippen molar-refractivity contribution in [2.45, 2.75) is 13.8 Å². The minimum absolute atomic E-state index is 0.269. The third-order valence-electron chi connectivity index (χ3n) is 2.88. The van der Waals surface area contributed by atoms with Gasteiger partial charge in [0.1, 0.15) is 5.15 Å². The molecule has 0 aromatic carbocycles. The van der Waals surface area contributed by atoms with Crippen molar-refractivity contribution in [3.05, 3.63) is 36.0 Å². The predicted molar refractivity (Wildman–Crippen MR) is 79.2 cm³/mol. The predicted octanol–water partition coefficient (Wildman–Crippen LogP) is 3.03. The third-order valence-corrected chi connectivity index (χ3v) is 3.07. The molecule has 1 amide bonds. The molecule has 0 fully saturated rings. The average Bonchev–Trinajstić information content (AvgIpc) is 2.49. The molecule has 7 heteroatoms. The Morgan fingerprint density at radius 3 is 2.67 bits per heavy atom. The lowest BCUT2D eigenvalue weighted by atomic mass is 10.2. The SMILES string of the molecule is CCN(CC)C(=O)Oc1cnccc1-c1cncc(Cl)n1. The molecule has 0 radical (unpaired) electrons. The molecule has 0 aliphatic heterocycles. The fourth-order valence-electron chi connectivity index (χ4n) is 1.79. The smallest absolute Gasteiger partial charge is 0.408 e. The first-order valence-corrected chi connectivity index (χ1v) is 6.92. The zero-order chi connectivity index (χ0) is 15.2. The van der Waals surface area contributed by atoms with E-state index in [2.05, 4.69) is 15.0 Å². The summed E-state index contributed by atoms with van der Waals surface area (Å²) in [7, 11) is 0. The van der Waals surface area contributed by atoms with Gasteiger partial charge in [0.25, 0.3) is 0 Å². The van der Waals surface area contributed by atoms with E-state index in [1.54, 1.807) is 23.4 Å². The molecule has 2 rings (SSSR count). The average molecular weight is 307 g/mol. The van der Waals surface area contributed by atoms with E-state index >= 15 is 0 Å². The maximum absolute atomic E-state index is 12.0. The van der Waals surface area contributed by atoms with Gasteiger partial charge in [-0.1, -0.05) is 11.6 Å². The van der Waals surface area contributed by atoms with E-state index in [-0.39, 0.29) is 5.15 Å². The molecule has 0 saturated carbocycles. The molecule has 0 aliphatic rings. The molecule has 0 N–H and O–H groups in total. The van der Waals surface area contributed by atoms with Crippen molar-refractivity contribution in [2.24, 2.45) is 0 Å². The van der Waals surface area contributed by atoms with Crippen LogP contribution in [0.4, 0.5) is 4.79 Å². The highest BCUT2D eigenvalue weighted by molar-refractivity contribution is 6.29. The summed E-state index contributed by atoms with van der Waals surface area (Å²) in [4.78, 5) is 25.7. The van der Waals surface area contributed by atoms with Crippen molar-refractivity contribution in [1.82, 2.24) is 19.9 Å². The molecule has 2 aromatic heterocycles. The van der Waals surface area contributed by atoms with Gasteiger partial charge in [0.05, 0.1) is 24.3 Å². The number of hydrogen-bond donors (Lipinski definition) is 0. The normalized spacial score (nSPS) is 10.2. The van der Waals surface area contributed by atoms with E-state index in [1.807, 2.05) is 13.8 Å². The third kappa shape index (κ3) is 3.66. The number of hydrogen-bond acceptors (Lipinski definition) is 5. The number of rotatable bonds is 4. The zero-order valence-electron chi connectivity index (χ0n) is 11.8. The molecule has 110 valence electrons. The second-order valence-corrected chi connectivity index (χ2v) is 4.53. The van der Waals surface area contributed by atoms with Crippen molar-refractivity contribution < 1.29 is 9.53 Å². The summed E-state index contributed by atoms with van der Waals surface area (Å²) >= 11 is 5.84. The molecule has 0 atom stereocenters. The van der Waals surface area contributed by atoms with Crippen molar-refractivity contribution in [3.8, 4) is 17.0 Å². The largest absolute Gasteiger partial charge is 0.415 e. The van der Waals surface area contributed by atoms with E-state index in [9.17, 15) is 4.79 Å². The Hall–Kier alpha value is -2.21. The van der Waals surface area contributed by atoms with Crippen LogP contribution in [0.1, 0.15) is 13.8 Å². The fraction of sp³-hybridized carbons (Fsp3) is 0.286. The Morgan fingerprint density at radius 1 is 1.24 bits per heavy atom. The van der Waals surface area contributed by atoms with Gasteiger partial charge < -0.3 is 9.64 Å². The Bertz CT molecular complexity index is 632. The lowest BCUT2D eigenvalue weighted by Gasteiger charge is -2.18. The Labute approximate surface area is 127 Å². The van der Waals surface area contributed by atoms with Crippen LogP contribution < -0.4 is 4.74 Å². The molecule has 0 bridgehead atoms. The molecule has 2 aromatic rings. The van der Waals surface area contributed by atoms with Crippen LogP contribution in [0.3, 0.4) is 0 Å². The van der Waals surface area contributed by atoms with Crippen molar-refractivity contribution in [1.29, 1.82) is 0 Å². The van der Waals surface area contributed by atoms with Crippen LogP contribution >= 0.6 is 11.6 Å². The van der Waals surface area contributed by atoms with Crippen LogP contribution in [-0.2, 0) is 0 Å². The first-order chi connectivity index (χ1) is 10.2. The van der Waals surface area contributed by atoms with Gasteiger partial charge in [-0.25, -0.2) is 9.78 Å². The molecular formula is C14H15ClN4O2. The van der Waals surface area contributed by atoms with Gasteiger partial charge in [-0.15, -0.1) is 0 Å². The number of ether oxygens (including phenoxy) is 1. The summed E-state index contributed by atoms with van der Waals surface area (Å²) in [5.41, 5.74) is 1.13. The van der Waals surface area contributed by atoms with Crippen LogP contribution in [0, 0.1) is 0 Å². The van der Waals surface area contributed by atoms with Crippen LogP contribution in [0.25, 0.3) is 11.3 Å². The lowest BCUT2D eigenvalue weighted by molar-refractivity contribution is 0.157. The maximum atomic E-state index is 12.0. The molecule has 0 spiro atoms. The monoisotopic (exact) mass is 306 g/mol. The number of carbonyl (C=O) groups excluding carboxylic acids is 1. The lowest BCUT2D eigenvalue weighted by Crippen LogP contribution is -2.33. The number of halogens is 1. The second-order valence-electron chi connectivity index (χ2n) is 4.14. The van der Waals surface area contributed by atoms with Crippen LogP contribution in [-0.4, -0.2) is 39.0 Å². The molecule has 0 unspecified atom stereocenters. The number of aromatic nitrogens is 3. The van der Waals surface area contributed by atoms with Crippen LogP contribution in [0.2, 0.25) is 5.15 Å². The highest BCUT2D eigenvalue weighted by Crippen LogP contribution is 2.28. The summed E-state index contributed by atoms with van der Waals surface area (Å²) in [6.07, 6.45) is 5.62. The van der Waals surface area contributed by atoms with Crippen molar-refractivity contribution in [2.75, 3.05) is 13.1 Å². The van der Waals surface area contributed by atoms with Gasteiger partial charge in [-0.05, 0) is 19.9 Å². The molecule has 0 aliphatic carbocycles. The van der Waals surface area contributed by atoms with Crippen molar-refractivity contribution in [3.63, 3.8) is 0 Å². The second kappa shape index (κ2) is 6.99. The summed E-state index contributed by atoms with van der Waals surface area (Å²) in [6, 6.07) is 1.70. The Kier molecular flexibility index (Phi) is 5.05. The molecule has 0 saturated heterocycles. The highest BCUT2D eigenvalue weighted by Gasteiger charge is 2.16. The van der Waals surface area contributed by atoms with Gasteiger partial charge in [0.2, 0.25) is 0 Å². The Morgan fingerprint density at radius 2 is 2.00 bits per heavy atom. The van der Waals surface area contributed by atoms with Crippen molar-refractivity contribution >= 4 is 17.7 Å². The van der Waals surface area contributed by atoms with Gasteiger partial charge in [0.15, 0.2) is 5.75 Å². The quantitative estimate of drug-likeness (QED) is 0.868. The maximum Gasteiger partial charge on any atom is 0.415 e. The molecule has 21 heavy (non-hydrogen) atoms. The highest BCUT2D eigenvalue weighted by atomic mass is 35.5. The van der Waals surface area contributed by atoms with Gasteiger partial charge >= 0.3 is 6.09 Å². The Balaban J connectivity index is 2.31. The van der Waals surface area contributed by atoms with E-state index in [0.29, 0.717) is 30.1 Å². The minimum Gasteiger partial charge on any atom is -0.408 e. The molecule has 2 heterocycles. The molecule has 6 nitrogen and oxygen atoms in total. The van der Waals surface area contributed by atoms with E-state index in [0.717, 1.165) is 0 Å². The van der Waals surface area contributed by atoms with E-state index < -0.39 is 6.09 Å². The number of nitrogens with zero attached hydrogens (tertiary/aromatic N) is 4. The summed E-state index contributed by atoms with van der Waals surface area (Å²) in [5.74, 6) is 0.325.